The summed E-state index contributed by atoms with van der Waals surface area (Å²) in [6.07, 6.45) is 3.64. The molecule has 0 amide bonds. The lowest BCUT2D eigenvalue weighted by Gasteiger charge is -2.37. The molecule has 1 aliphatic rings. The first-order valence-corrected chi connectivity index (χ1v) is 4.59. The smallest absolute Gasteiger partial charge is 0.0540 e. The van der Waals surface area contributed by atoms with Gasteiger partial charge in [0.25, 0.3) is 0 Å². The Kier molecular flexibility index (Phi) is 3.50. The Bertz CT molecular complexity index is 130. The van der Waals surface area contributed by atoms with Crippen molar-refractivity contribution in [1.82, 2.24) is 0 Å². The zero-order valence-electron chi connectivity index (χ0n) is 7.75. The first kappa shape index (κ1) is 9.96. The summed E-state index contributed by atoms with van der Waals surface area (Å²) >= 11 is 0. The molecule has 0 unspecified atom stereocenters. The van der Waals surface area contributed by atoms with E-state index < -0.39 is 0 Å². The van der Waals surface area contributed by atoms with E-state index in [0.29, 0.717) is 6.54 Å². The van der Waals surface area contributed by atoms with Crippen LogP contribution in [-0.2, 0) is 4.74 Å². The van der Waals surface area contributed by atoms with Crippen molar-refractivity contribution in [2.45, 2.75) is 31.8 Å². The number of methoxy groups -OCH3 is 1. The number of hydrogen-bond acceptors (Lipinski definition) is 3. The molecule has 0 aliphatic heterocycles. The minimum absolute atomic E-state index is 0.110. The third-order valence-electron chi connectivity index (χ3n) is 2.90. The number of hydrogen-bond donors (Lipinski definition) is 2. The first-order valence-electron chi connectivity index (χ1n) is 4.59. The highest BCUT2D eigenvalue weighted by Gasteiger charge is 2.33. The van der Waals surface area contributed by atoms with Gasteiger partial charge in [-0.1, -0.05) is 0 Å². The zero-order valence-corrected chi connectivity index (χ0v) is 7.75. The number of nitrogens with two attached hydrogens (primary N) is 1. The standard InChI is InChI=1S/C9H19NO2/c1-12-7-9(6-10)4-2-8(11)3-5-9/h8,11H,2-7,10H2,1H3. The summed E-state index contributed by atoms with van der Waals surface area (Å²) in [5.74, 6) is 0. The van der Waals surface area contributed by atoms with Gasteiger partial charge in [0.1, 0.15) is 0 Å². The molecule has 0 aromatic heterocycles. The number of ether oxygens (including phenoxy) is 1. The third kappa shape index (κ3) is 2.19. The Morgan fingerprint density at radius 2 is 2.08 bits per heavy atom. The van der Waals surface area contributed by atoms with Gasteiger partial charge in [-0.15, -0.1) is 0 Å². The number of rotatable bonds is 3. The molecule has 0 spiro atoms. The highest BCUT2D eigenvalue weighted by Crippen LogP contribution is 2.35. The fourth-order valence-corrected chi connectivity index (χ4v) is 1.93. The highest BCUT2D eigenvalue weighted by molar-refractivity contribution is 4.86. The quantitative estimate of drug-likeness (QED) is 0.654. The minimum Gasteiger partial charge on any atom is -0.393 e. The van der Waals surface area contributed by atoms with Gasteiger partial charge in [0.2, 0.25) is 0 Å². The van der Waals surface area contributed by atoms with E-state index in [1.165, 1.54) is 0 Å². The Balaban J connectivity index is 2.45. The molecule has 1 saturated carbocycles. The van der Waals surface area contributed by atoms with Crippen LogP contribution in [0.1, 0.15) is 25.7 Å². The van der Waals surface area contributed by atoms with Crippen molar-refractivity contribution in [3.8, 4) is 0 Å². The maximum Gasteiger partial charge on any atom is 0.0540 e. The van der Waals surface area contributed by atoms with Crippen LogP contribution in [0.2, 0.25) is 0 Å². The van der Waals surface area contributed by atoms with Crippen molar-refractivity contribution in [3.05, 3.63) is 0 Å². The molecule has 0 saturated heterocycles. The van der Waals surface area contributed by atoms with Gasteiger partial charge in [0.05, 0.1) is 12.7 Å². The fourth-order valence-electron chi connectivity index (χ4n) is 1.93. The van der Waals surface area contributed by atoms with Gasteiger partial charge in [0.15, 0.2) is 0 Å². The van der Waals surface area contributed by atoms with Crippen molar-refractivity contribution in [2.75, 3.05) is 20.3 Å². The molecule has 12 heavy (non-hydrogen) atoms. The molecule has 72 valence electrons. The van der Waals surface area contributed by atoms with Gasteiger partial charge in [-0.3, -0.25) is 0 Å². The van der Waals surface area contributed by atoms with Gasteiger partial charge in [-0.25, -0.2) is 0 Å². The molecule has 3 nitrogen and oxygen atoms in total. The lowest BCUT2D eigenvalue weighted by Crippen LogP contribution is -2.39. The summed E-state index contributed by atoms with van der Waals surface area (Å²) < 4.78 is 5.15. The monoisotopic (exact) mass is 173 g/mol. The van der Waals surface area contributed by atoms with Gasteiger partial charge < -0.3 is 15.6 Å². The van der Waals surface area contributed by atoms with Crippen LogP contribution in [0.25, 0.3) is 0 Å². The highest BCUT2D eigenvalue weighted by atomic mass is 16.5. The summed E-state index contributed by atoms with van der Waals surface area (Å²) in [4.78, 5) is 0. The van der Waals surface area contributed by atoms with Crippen LogP contribution in [0.4, 0.5) is 0 Å². The molecule has 1 fully saturated rings. The summed E-state index contributed by atoms with van der Waals surface area (Å²) in [6, 6.07) is 0. The summed E-state index contributed by atoms with van der Waals surface area (Å²) in [7, 11) is 1.71. The van der Waals surface area contributed by atoms with E-state index in [-0.39, 0.29) is 11.5 Å². The van der Waals surface area contributed by atoms with Crippen LogP contribution in [-0.4, -0.2) is 31.5 Å². The van der Waals surface area contributed by atoms with E-state index >= 15 is 0 Å². The summed E-state index contributed by atoms with van der Waals surface area (Å²) in [5.41, 5.74) is 5.85. The Morgan fingerprint density at radius 3 is 2.50 bits per heavy atom. The SMILES string of the molecule is COCC1(CN)CCC(O)CC1. The van der Waals surface area contributed by atoms with Crippen LogP contribution < -0.4 is 5.73 Å². The van der Waals surface area contributed by atoms with Gasteiger partial charge in [-0.2, -0.15) is 0 Å². The fraction of sp³-hybridized carbons (Fsp3) is 1.00. The molecule has 0 bridgehead atoms. The molecule has 1 rings (SSSR count). The molecule has 0 atom stereocenters. The third-order valence-corrected chi connectivity index (χ3v) is 2.90. The molecule has 0 heterocycles. The molecule has 0 aromatic carbocycles. The molecule has 1 aliphatic carbocycles. The average Bonchev–Trinajstić information content (AvgIpc) is 2.10. The molecule has 0 radical (unpaired) electrons. The Morgan fingerprint density at radius 1 is 1.50 bits per heavy atom. The first-order chi connectivity index (χ1) is 5.72. The van der Waals surface area contributed by atoms with E-state index in [1.54, 1.807) is 7.11 Å². The second-order valence-corrected chi connectivity index (χ2v) is 3.87. The predicted molar refractivity (Wildman–Crippen MR) is 47.8 cm³/mol. The largest absolute Gasteiger partial charge is 0.393 e. The molecular formula is C9H19NO2. The maximum absolute atomic E-state index is 9.32. The van der Waals surface area contributed by atoms with E-state index in [1.807, 2.05) is 0 Å². The van der Waals surface area contributed by atoms with Crippen LogP contribution >= 0.6 is 0 Å². The van der Waals surface area contributed by atoms with Crippen molar-refractivity contribution < 1.29 is 9.84 Å². The number of aliphatic hydroxyl groups excluding tert-OH is 1. The van der Waals surface area contributed by atoms with Crippen LogP contribution in [0.3, 0.4) is 0 Å². The topological polar surface area (TPSA) is 55.5 Å². The minimum atomic E-state index is -0.110. The lowest BCUT2D eigenvalue weighted by atomic mass is 9.74. The summed E-state index contributed by atoms with van der Waals surface area (Å²) in [5, 5.41) is 9.32. The van der Waals surface area contributed by atoms with Crippen molar-refractivity contribution >= 4 is 0 Å². The average molecular weight is 173 g/mol. The molecule has 3 heteroatoms. The maximum atomic E-state index is 9.32. The second-order valence-electron chi connectivity index (χ2n) is 3.87. The van der Waals surface area contributed by atoms with Crippen LogP contribution in [0.5, 0.6) is 0 Å². The van der Waals surface area contributed by atoms with Crippen molar-refractivity contribution in [3.63, 3.8) is 0 Å². The molecule has 3 N–H and O–H groups in total. The van der Waals surface area contributed by atoms with Crippen molar-refractivity contribution in [1.29, 1.82) is 0 Å². The number of aliphatic hydroxyl groups is 1. The van der Waals surface area contributed by atoms with E-state index in [0.717, 1.165) is 32.3 Å². The molecule has 0 aromatic rings. The van der Waals surface area contributed by atoms with E-state index in [9.17, 15) is 5.11 Å². The van der Waals surface area contributed by atoms with E-state index in [2.05, 4.69) is 0 Å². The van der Waals surface area contributed by atoms with Gasteiger partial charge >= 0.3 is 0 Å². The van der Waals surface area contributed by atoms with Crippen LogP contribution in [0, 0.1) is 5.41 Å². The Hall–Kier alpha value is -0.120. The van der Waals surface area contributed by atoms with Crippen LogP contribution in [0.15, 0.2) is 0 Å². The lowest BCUT2D eigenvalue weighted by molar-refractivity contribution is 0.0127. The normalized spacial score (nSPS) is 36.8. The second kappa shape index (κ2) is 4.21. The van der Waals surface area contributed by atoms with Crippen molar-refractivity contribution in [2.24, 2.45) is 11.1 Å². The molecular weight excluding hydrogens is 154 g/mol. The Labute approximate surface area is 73.9 Å². The van der Waals surface area contributed by atoms with E-state index in [4.69, 9.17) is 10.5 Å². The zero-order chi connectivity index (χ0) is 9.03. The van der Waals surface area contributed by atoms with Gasteiger partial charge in [-0.05, 0) is 25.7 Å². The predicted octanol–water partition coefficient (Wildman–Crippen LogP) is 0.513. The summed E-state index contributed by atoms with van der Waals surface area (Å²) in [6.45, 7) is 1.41. The van der Waals surface area contributed by atoms with Gasteiger partial charge in [0, 0.05) is 19.1 Å².